The number of imidazole rings is 1. The normalized spacial score (nSPS) is 16.8. The van der Waals surface area contributed by atoms with Gasteiger partial charge in [0.05, 0.1) is 16.7 Å². The van der Waals surface area contributed by atoms with E-state index >= 15 is 0 Å². The molecule has 0 unspecified atom stereocenters. The Morgan fingerprint density at radius 2 is 1.73 bits per heavy atom. The van der Waals surface area contributed by atoms with Crippen LogP contribution in [0.4, 0.5) is 8.78 Å². The Bertz CT molecular complexity index is 1490. The summed E-state index contributed by atoms with van der Waals surface area (Å²) in [6.07, 6.45) is 3.54. The predicted molar refractivity (Wildman–Crippen MR) is 136 cm³/mol. The van der Waals surface area contributed by atoms with Crippen molar-refractivity contribution < 1.29 is 18.4 Å². The zero-order chi connectivity index (χ0) is 25.7. The lowest BCUT2D eigenvalue weighted by Gasteiger charge is -2.46. The summed E-state index contributed by atoms with van der Waals surface area (Å²) in [6.45, 7) is 4.67. The maximum absolute atomic E-state index is 13.8. The van der Waals surface area contributed by atoms with Crippen molar-refractivity contribution in [2.45, 2.75) is 19.8 Å². The van der Waals surface area contributed by atoms with Gasteiger partial charge >= 0.3 is 0 Å². The fourth-order valence-electron chi connectivity index (χ4n) is 5.48. The van der Waals surface area contributed by atoms with E-state index in [0.717, 1.165) is 43.6 Å². The van der Waals surface area contributed by atoms with Crippen LogP contribution < -0.4 is 0 Å². The molecule has 0 radical (unpaired) electrons. The summed E-state index contributed by atoms with van der Waals surface area (Å²) in [5.41, 5.74) is 2.38. The zero-order valence-electron chi connectivity index (χ0n) is 20.2. The Kier molecular flexibility index (Phi) is 5.98. The van der Waals surface area contributed by atoms with Gasteiger partial charge in [0, 0.05) is 49.4 Å². The van der Waals surface area contributed by atoms with Crippen molar-refractivity contribution in [3.63, 3.8) is 0 Å². The summed E-state index contributed by atoms with van der Waals surface area (Å²) >= 11 is 1.37. The number of piperidine rings is 1. The van der Waals surface area contributed by atoms with Gasteiger partial charge in [0.25, 0.3) is 11.8 Å². The Morgan fingerprint density at radius 1 is 0.946 bits per heavy atom. The standard InChI is InChI=1S/C27H25F2N5O2S/c1-16-31-23-12-18(2-5-24(23)34(16)20-3-4-21(28)22(29)13-20)26(35)33-14-19(15-33)17-6-9-32(10-7-17)27(36)25-30-8-11-37-25/h2-5,8,11-13,17,19H,6-7,9-10,14-15H2,1H3. The molecule has 2 aromatic carbocycles. The van der Waals surface area contributed by atoms with Crippen LogP contribution in [0.5, 0.6) is 0 Å². The number of nitrogens with zero attached hydrogens (tertiary/aromatic N) is 5. The molecular formula is C27H25F2N5O2S. The Balaban J connectivity index is 1.09. The van der Waals surface area contributed by atoms with Crippen molar-refractivity contribution >= 4 is 34.2 Å². The highest BCUT2D eigenvalue weighted by atomic mass is 32.1. The van der Waals surface area contributed by atoms with Crippen LogP contribution in [0.2, 0.25) is 0 Å². The second-order valence-corrected chi connectivity index (χ2v) is 10.6. The van der Waals surface area contributed by atoms with E-state index in [1.165, 1.54) is 17.4 Å². The van der Waals surface area contributed by atoms with Gasteiger partial charge in [0.2, 0.25) is 0 Å². The fraction of sp³-hybridized carbons (Fsp3) is 0.333. The van der Waals surface area contributed by atoms with E-state index in [9.17, 15) is 18.4 Å². The number of carbonyl (C=O) groups is 2. The van der Waals surface area contributed by atoms with Crippen LogP contribution in [0.1, 0.15) is 38.8 Å². The number of halogens is 2. The number of hydrogen-bond acceptors (Lipinski definition) is 5. The molecule has 190 valence electrons. The first kappa shape index (κ1) is 23.7. The topological polar surface area (TPSA) is 71.3 Å². The second-order valence-electron chi connectivity index (χ2n) is 9.73. The Hall–Kier alpha value is -3.66. The molecule has 2 saturated heterocycles. The van der Waals surface area contributed by atoms with E-state index in [-0.39, 0.29) is 11.8 Å². The number of aromatic nitrogens is 3. The zero-order valence-corrected chi connectivity index (χ0v) is 21.0. The minimum absolute atomic E-state index is 0.0106. The van der Waals surface area contributed by atoms with Gasteiger partial charge in [-0.1, -0.05) is 0 Å². The summed E-state index contributed by atoms with van der Waals surface area (Å²) in [7, 11) is 0. The van der Waals surface area contributed by atoms with Gasteiger partial charge in [-0.15, -0.1) is 11.3 Å². The van der Waals surface area contributed by atoms with Gasteiger partial charge in [-0.2, -0.15) is 0 Å². The van der Waals surface area contributed by atoms with Crippen LogP contribution in [0.25, 0.3) is 16.7 Å². The van der Waals surface area contributed by atoms with Crippen LogP contribution in [-0.2, 0) is 0 Å². The summed E-state index contributed by atoms with van der Waals surface area (Å²) in [4.78, 5) is 38.1. The van der Waals surface area contributed by atoms with Crippen LogP contribution in [0, 0.1) is 30.4 Å². The number of hydrogen-bond donors (Lipinski definition) is 0. The second kappa shape index (κ2) is 9.33. The number of rotatable bonds is 4. The van der Waals surface area contributed by atoms with E-state index in [2.05, 4.69) is 9.97 Å². The van der Waals surface area contributed by atoms with Gasteiger partial charge in [0.15, 0.2) is 16.6 Å². The van der Waals surface area contributed by atoms with Gasteiger partial charge in [-0.3, -0.25) is 14.2 Å². The summed E-state index contributed by atoms with van der Waals surface area (Å²) in [5.74, 6) is -0.280. The molecule has 7 nitrogen and oxygen atoms in total. The van der Waals surface area contributed by atoms with E-state index in [1.54, 1.807) is 35.9 Å². The van der Waals surface area contributed by atoms with Crippen molar-refractivity contribution in [1.29, 1.82) is 0 Å². The van der Waals surface area contributed by atoms with Crippen LogP contribution in [0.15, 0.2) is 48.0 Å². The van der Waals surface area contributed by atoms with Crippen molar-refractivity contribution in [2.75, 3.05) is 26.2 Å². The molecule has 0 atom stereocenters. The smallest absolute Gasteiger partial charge is 0.282 e. The molecule has 4 heterocycles. The number of thiazole rings is 1. The fourth-order valence-corrected chi connectivity index (χ4v) is 6.08. The number of benzene rings is 2. The van der Waals surface area contributed by atoms with Gasteiger partial charge in [-0.25, -0.2) is 18.7 Å². The number of aryl methyl sites for hydroxylation is 1. The highest BCUT2D eigenvalue weighted by Gasteiger charge is 2.38. The highest BCUT2D eigenvalue weighted by Crippen LogP contribution is 2.33. The monoisotopic (exact) mass is 521 g/mol. The van der Waals surface area contributed by atoms with Crippen LogP contribution in [-0.4, -0.2) is 62.3 Å². The third-order valence-electron chi connectivity index (χ3n) is 7.54. The molecule has 2 amide bonds. The molecule has 2 fully saturated rings. The number of fused-ring (bicyclic) bond motifs is 1. The summed E-state index contributed by atoms with van der Waals surface area (Å²) in [5, 5.41) is 2.36. The summed E-state index contributed by atoms with van der Waals surface area (Å²) in [6, 6.07) is 9.07. The van der Waals surface area contributed by atoms with Gasteiger partial charge in [-0.05, 0) is 61.9 Å². The molecule has 0 aliphatic carbocycles. The lowest BCUT2D eigenvalue weighted by Crippen LogP contribution is -2.54. The number of likely N-dealkylation sites (tertiary alicyclic amines) is 2. The van der Waals surface area contributed by atoms with E-state index < -0.39 is 11.6 Å². The molecule has 2 aliphatic rings. The molecule has 0 saturated carbocycles. The largest absolute Gasteiger partial charge is 0.338 e. The molecule has 0 bridgehead atoms. The number of carbonyl (C=O) groups excluding carboxylic acids is 2. The molecule has 10 heteroatoms. The first-order valence-electron chi connectivity index (χ1n) is 12.3. The molecular weight excluding hydrogens is 496 g/mol. The highest BCUT2D eigenvalue weighted by molar-refractivity contribution is 7.11. The van der Waals surface area contributed by atoms with Gasteiger partial charge in [0.1, 0.15) is 5.82 Å². The van der Waals surface area contributed by atoms with E-state index in [4.69, 9.17) is 0 Å². The molecule has 4 aromatic rings. The average molecular weight is 522 g/mol. The van der Waals surface area contributed by atoms with Crippen LogP contribution >= 0.6 is 11.3 Å². The molecule has 37 heavy (non-hydrogen) atoms. The molecule has 6 rings (SSSR count). The SMILES string of the molecule is Cc1nc2cc(C(=O)N3CC(C4CCN(C(=O)c5nccs5)CC4)C3)ccc2n1-c1ccc(F)c(F)c1. The maximum atomic E-state index is 13.8. The van der Waals surface area contributed by atoms with Crippen molar-refractivity contribution in [3.8, 4) is 5.69 Å². The Morgan fingerprint density at radius 3 is 2.43 bits per heavy atom. The molecule has 0 N–H and O–H groups in total. The first-order valence-corrected chi connectivity index (χ1v) is 13.2. The number of amides is 2. The minimum Gasteiger partial charge on any atom is -0.338 e. The molecule has 0 spiro atoms. The summed E-state index contributed by atoms with van der Waals surface area (Å²) < 4.78 is 29.0. The minimum atomic E-state index is -0.922. The Labute approximate surface area is 216 Å². The van der Waals surface area contributed by atoms with Crippen molar-refractivity contribution in [1.82, 2.24) is 24.3 Å². The van der Waals surface area contributed by atoms with E-state index in [1.807, 2.05) is 15.2 Å². The lowest BCUT2D eigenvalue weighted by molar-refractivity contribution is 0.0228. The predicted octanol–water partition coefficient (Wildman–Crippen LogP) is 4.69. The van der Waals surface area contributed by atoms with Crippen LogP contribution in [0.3, 0.4) is 0 Å². The lowest BCUT2D eigenvalue weighted by atomic mass is 9.79. The van der Waals surface area contributed by atoms with Crippen molar-refractivity contribution in [3.05, 3.63) is 76.0 Å². The third kappa shape index (κ3) is 4.29. The maximum Gasteiger partial charge on any atom is 0.282 e. The molecule has 2 aliphatic heterocycles. The average Bonchev–Trinajstić information content (AvgIpc) is 3.52. The molecule has 2 aromatic heterocycles. The quantitative estimate of drug-likeness (QED) is 0.391. The first-order chi connectivity index (χ1) is 17.9. The van der Waals surface area contributed by atoms with E-state index in [0.29, 0.717) is 52.5 Å². The third-order valence-corrected chi connectivity index (χ3v) is 8.30. The van der Waals surface area contributed by atoms with Gasteiger partial charge < -0.3 is 9.80 Å². The van der Waals surface area contributed by atoms with Crippen molar-refractivity contribution in [2.24, 2.45) is 11.8 Å².